The van der Waals surface area contributed by atoms with Crippen molar-refractivity contribution in [3.63, 3.8) is 0 Å². The molecule has 2 heterocycles. The number of hydrogen-bond donors (Lipinski definition) is 2. The van der Waals surface area contributed by atoms with Gasteiger partial charge in [-0.2, -0.15) is 5.10 Å². The number of amides is 1. The van der Waals surface area contributed by atoms with E-state index in [4.69, 9.17) is 4.42 Å². The van der Waals surface area contributed by atoms with Gasteiger partial charge in [-0.1, -0.05) is 12.1 Å². The summed E-state index contributed by atoms with van der Waals surface area (Å²) in [5.74, 6) is 0.0862. The molecule has 0 aliphatic rings. The van der Waals surface area contributed by atoms with E-state index in [0.717, 1.165) is 5.56 Å². The normalized spacial score (nSPS) is 11.4. The van der Waals surface area contributed by atoms with Crippen molar-refractivity contribution in [2.75, 3.05) is 4.72 Å². The van der Waals surface area contributed by atoms with Gasteiger partial charge in [-0.05, 0) is 50.1 Å². The second-order valence-electron chi connectivity index (χ2n) is 6.38. The zero-order valence-electron chi connectivity index (χ0n) is 15.9. The van der Waals surface area contributed by atoms with Crippen molar-refractivity contribution < 1.29 is 17.6 Å². The minimum Gasteiger partial charge on any atom is -0.467 e. The average molecular weight is 402 g/mol. The van der Waals surface area contributed by atoms with Crippen LogP contribution in [0.1, 0.15) is 34.3 Å². The van der Waals surface area contributed by atoms with E-state index in [1.54, 1.807) is 31.2 Å². The summed E-state index contributed by atoms with van der Waals surface area (Å²) in [5.41, 5.74) is 1.57. The Kier molecular flexibility index (Phi) is 5.55. The molecule has 148 valence electrons. The number of hydrogen-bond acceptors (Lipinski definition) is 5. The van der Waals surface area contributed by atoms with Gasteiger partial charge >= 0.3 is 0 Å². The van der Waals surface area contributed by atoms with Gasteiger partial charge in [0.1, 0.15) is 5.76 Å². The molecule has 3 aromatic rings. The molecule has 28 heavy (non-hydrogen) atoms. The number of nitrogens with zero attached hydrogens (tertiary/aromatic N) is 2. The van der Waals surface area contributed by atoms with Gasteiger partial charge in [0, 0.05) is 12.7 Å². The Bertz CT molecular complexity index is 1090. The molecule has 0 aliphatic heterocycles. The Labute approximate surface area is 163 Å². The topological polar surface area (TPSA) is 106 Å². The number of furan rings is 1. The standard InChI is InChI=1S/C19H22N4O4S/c1-4-23-12-16(18(21-23)19(24)20-11-15-6-5-9-27-15)22-28(25,26)17-10-13(2)7-8-14(17)3/h5-10,12,22H,4,11H2,1-3H3,(H,20,24). The smallest absolute Gasteiger partial charge is 0.274 e. The van der Waals surface area contributed by atoms with Crippen molar-refractivity contribution in [3.8, 4) is 0 Å². The van der Waals surface area contributed by atoms with Crippen molar-refractivity contribution >= 4 is 21.6 Å². The molecule has 0 fully saturated rings. The molecule has 0 radical (unpaired) electrons. The van der Waals surface area contributed by atoms with Crippen LogP contribution in [0, 0.1) is 13.8 Å². The first kappa shape index (κ1) is 19.7. The number of aromatic nitrogens is 2. The van der Waals surface area contributed by atoms with E-state index >= 15 is 0 Å². The lowest BCUT2D eigenvalue weighted by atomic mass is 10.2. The summed E-state index contributed by atoms with van der Waals surface area (Å²) in [7, 11) is -3.88. The van der Waals surface area contributed by atoms with E-state index in [0.29, 0.717) is 17.9 Å². The minimum atomic E-state index is -3.88. The number of nitrogens with one attached hydrogen (secondary N) is 2. The molecule has 9 heteroatoms. The SMILES string of the molecule is CCn1cc(NS(=O)(=O)c2cc(C)ccc2C)c(C(=O)NCc2ccco2)n1. The lowest BCUT2D eigenvalue weighted by molar-refractivity contribution is 0.0943. The van der Waals surface area contributed by atoms with Crippen LogP contribution in [0.25, 0.3) is 0 Å². The number of rotatable bonds is 7. The molecule has 0 spiro atoms. The van der Waals surface area contributed by atoms with Gasteiger partial charge in [-0.25, -0.2) is 8.42 Å². The van der Waals surface area contributed by atoms with Crippen LogP contribution < -0.4 is 10.0 Å². The quantitative estimate of drug-likeness (QED) is 0.632. The Hall–Kier alpha value is -3.07. The lowest BCUT2D eigenvalue weighted by Gasteiger charge is -2.11. The highest BCUT2D eigenvalue weighted by Crippen LogP contribution is 2.23. The van der Waals surface area contributed by atoms with Crippen molar-refractivity contribution in [2.24, 2.45) is 0 Å². The third-order valence-corrected chi connectivity index (χ3v) is 5.69. The fraction of sp³-hybridized carbons (Fsp3) is 0.263. The summed E-state index contributed by atoms with van der Waals surface area (Å²) >= 11 is 0. The Balaban J connectivity index is 1.88. The molecule has 8 nitrogen and oxygen atoms in total. The van der Waals surface area contributed by atoms with Crippen molar-refractivity contribution in [1.29, 1.82) is 0 Å². The molecule has 2 N–H and O–H groups in total. The van der Waals surface area contributed by atoms with Crippen LogP contribution in [-0.4, -0.2) is 24.1 Å². The number of sulfonamides is 1. The molecule has 0 saturated heterocycles. The number of carbonyl (C=O) groups excluding carboxylic acids is 1. The zero-order chi connectivity index (χ0) is 20.3. The molecule has 1 aromatic carbocycles. The van der Waals surface area contributed by atoms with Crippen molar-refractivity contribution in [3.05, 3.63) is 65.4 Å². The molecule has 0 bridgehead atoms. The van der Waals surface area contributed by atoms with Crippen LogP contribution in [-0.2, 0) is 23.1 Å². The first-order valence-corrected chi connectivity index (χ1v) is 10.3. The zero-order valence-corrected chi connectivity index (χ0v) is 16.7. The molecule has 1 amide bonds. The molecule has 0 unspecified atom stereocenters. The van der Waals surface area contributed by atoms with Gasteiger partial charge in [-0.15, -0.1) is 0 Å². The van der Waals surface area contributed by atoms with Crippen LogP contribution in [0.3, 0.4) is 0 Å². The second-order valence-corrected chi connectivity index (χ2v) is 8.03. The van der Waals surface area contributed by atoms with Crippen molar-refractivity contribution in [2.45, 2.75) is 38.8 Å². The first-order valence-electron chi connectivity index (χ1n) is 8.78. The first-order chi connectivity index (χ1) is 13.3. The van der Waals surface area contributed by atoms with E-state index in [2.05, 4.69) is 15.1 Å². The van der Waals surface area contributed by atoms with E-state index in [9.17, 15) is 13.2 Å². The number of benzene rings is 1. The number of aryl methyl sites for hydroxylation is 3. The molecule has 0 atom stereocenters. The predicted molar refractivity (Wildman–Crippen MR) is 105 cm³/mol. The molecule has 2 aromatic heterocycles. The second kappa shape index (κ2) is 7.89. The van der Waals surface area contributed by atoms with Crippen LogP contribution in [0.15, 0.2) is 52.1 Å². The van der Waals surface area contributed by atoms with Crippen LogP contribution in [0.4, 0.5) is 5.69 Å². The molecule has 0 aliphatic carbocycles. The summed E-state index contributed by atoms with van der Waals surface area (Å²) in [6.45, 7) is 6.06. The van der Waals surface area contributed by atoms with Gasteiger partial charge in [0.25, 0.3) is 15.9 Å². The van der Waals surface area contributed by atoms with Crippen LogP contribution in [0.5, 0.6) is 0 Å². The molecular formula is C19H22N4O4S. The number of carbonyl (C=O) groups is 1. The molecular weight excluding hydrogens is 380 g/mol. The average Bonchev–Trinajstić information content (AvgIpc) is 3.31. The van der Waals surface area contributed by atoms with E-state index in [1.807, 2.05) is 19.9 Å². The number of anilines is 1. The Morgan fingerprint density at radius 3 is 2.71 bits per heavy atom. The highest BCUT2D eigenvalue weighted by molar-refractivity contribution is 7.92. The highest BCUT2D eigenvalue weighted by Gasteiger charge is 2.23. The summed E-state index contributed by atoms with van der Waals surface area (Å²) in [4.78, 5) is 12.7. The fourth-order valence-corrected chi connectivity index (χ4v) is 4.07. The summed E-state index contributed by atoms with van der Waals surface area (Å²) < 4.78 is 35.0. The van der Waals surface area contributed by atoms with Crippen LogP contribution in [0.2, 0.25) is 0 Å². The maximum Gasteiger partial charge on any atom is 0.274 e. The predicted octanol–water partition coefficient (Wildman–Crippen LogP) is 2.84. The Morgan fingerprint density at radius 2 is 2.04 bits per heavy atom. The largest absolute Gasteiger partial charge is 0.467 e. The summed E-state index contributed by atoms with van der Waals surface area (Å²) in [6.07, 6.45) is 3.02. The fourth-order valence-electron chi connectivity index (χ4n) is 2.69. The van der Waals surface area contributed by atoms with Gasteiger partial charge in [0.2, 0.25) is 0 Å². The van der Waals surface area contributed by atoms with Gasteiger partial charge < -0.3 is 9.73 Å². The van der Waals surface area contributed by atoms with Crippen molar-refractivity contribution in [1.82, 2.24) is 15.1 Å². The minimum absolute atomic E-state index is 0.00212. The lowest BCUT2D eigenvalue weighted by Crippen LogP contribution is -2.25. The molecule has 3 rings (SSSR count). The maximum absolute atomic E-state index is 12.9. The third kappa shape index (κ3) is 4.25. The van der Waals surface area contributed by atoms with Gasteiger partial charge in [0.15, 0.2) is 5.69 Å². The summed E-state index contributed by atoms with van der Waals surface area (Å²) in [5, 5.41) is 6.88. The Morgan fingerprint density at radius 1 is 1.25 bits per heavy atom. The monoisotopic (exact) mass is 402 g/mol. The summed E-state index contributed by atoms with van der Waals surface area (Å²) in [6, 6.07) is 8.64. The van der Waals surface area contributed by atoms with E-state index in [-0.39, 0.29) is 22.8 Å². The maximum atomic E-state index is 12.9. The van der Waals surface area contributed by atoms with Crippen LogP contribution >= 0.6 is 0 Å². The van der Waals surface area contributed by atoms with Gasteiger partial charge in [0.05, 0.1) is 23.4 Å². The molecule has 0 saturated carbocycles. The van der Waals surface area contributed by atoms with Gasteiger partial charge in [-0.3, -0.25) is 14.2 Å². The highest BCUT2D eigenvalue weighted by atomic mass is 32.2. The van der Waals surface area contributed by atoms with E-state index < -0.39 is 15.9 Å². The van der Waals surface area contributed by atoms with E-state index in [1.165, 1.54) is 17.1 Å². The third-order valence-electron chi connectivity index (χ3n) is 4.18.